The van der Waals surface area contributed by atoms with Crippen molar-refractivity contribution in [1.29, 1.82) is 0 Å². The predicted molar refractivity (Wildman–Crippen MR) is 75.6 cm³/mol. The molecule has 0 aromatic heterocycles. The highest BCUT2D eigenvalue weighted by atomic mass is 16.6. The molecular formula is C13H19N3O4. The number of hydrogen-bond donors (Lipinski definition) is 1. The minimum Gasteiger partial charge on any atom is -0.310 e. The number of unbranched alkanes of at least 4 members (excludes halogenated alkanes) is 1. The van der Waals surface area contributed by atoms with Gasteiger partial charge in [-0.3, -0.25) is 20.2 Å². The number of rotatable bonds is 8. The van der Waals surface area contributed by atoms with Crippen molar-refractivity contribution in [3.8, 4) is 0 Å². The van der Waals surface area contributed by atoms with Gasteiger partial charge in [0.15, 0.2) is 0 Å². The highest BCUT2D eigenvalue weighted by Gasteiger charge is 2.19. The van der Waals surface area contributed by atoms with Gasteiger partial charge in [0.1, 0.15) is 0 Å². The molecule has 1 unspecified atom stereocenters. The van der Waals surface area contributed by atoms with Crippen LogP contribution in [0.1, 0.15) is 38.7 Å². The number of nitrogens with one attached hydrogen (secondary N) is 1. The Morgan fingerprint density at radius 2 is 1.95 bits per heavy atom. The molecule has 1 N–H and O–H groups in total. The molecule has 0 spiro atoms. The first kappa shape index (κ1) is 16.0. The zero-order valence-electron chi connectivity index (χ0n) is 11.7. The van der Waals surface area contributed by atoms with Gasteiger partial charge in [0, 0.05) is 24.2 Å². The van der Waals surface area contributed by atoms with Gasteiger partial charge < -0.3 is 5.32 Å². The van der Waals surface area contributed by atoms with Crippen molar-refractivity contribution >= 4 is 11.4 Å². The molecule has 0 bridgehead atoms. The second kappa shape index (κ2) is 7.54. The molecule has 0 saturated heterocycles. The molecule has 0 fully saturated rings. The highest BCUT2D eigenvalue weighted by Crippen LogP contribution is 2.24. The maximum absolute atomic E-state index is 11.0. The van der Waals surface area contributed by atoms with E-state index in [9.17, 15) is 20.2 Å². The van der Waals surface area contributed by atoms with Gasteiger partial charge in [0.2, 0.25) is 0 Å². The van der Waals surface area contributed by atoms with Crippen LogP contribution in [0.2, 0.25) is 0 Å². The second-order valence-electron chi connectivity index (χ2n) is 4.75. The number of non-ortho nitro benzene ring substituents is 1. The van der Waals surface area contributed by atoms with Crippen molar-refractivity contribution in [2.75, 3.05) is 0 Å². The van der Waals surface area contributed by atoms with Crippen LogP contribution in [0.3, 0.4) is 0 Å². The van der Waals surface area contributed by atoms with E-state index in [4.69, 9.17) is 0 Å². The molecule has 1 atom stereocenters. The average molecular weight is 281 g/mol. The Morgan fingerprint density at radius 1 is 1.25 bits per heavy atom. The Hall–Kier alpha value is -2.02. The summed E-state index contributed by atoms with van der Waals surface area (Å²) >= 11 is 0. The summed E-state index contributed by atoms with van der Waals surface area (Å²) in [6.45, 7) is 4.46. The van der Waals surface area contributed by atoms with Gasteiger partial charge in [0.25, 0.3) is 11.4 Å². The molecule has 0 saturated carbocycles. The summed E-state index contributed by atoms with van der Waals surface area (Å²) in [5.74, 6) is 0. The fourth-order valence-corrected chi connectivity index (χ4v) is 1.88. The Kier molecular flexibility index (Phi) is 6.05. The summed E-state index contributed by atoms with van der Waals surface area (Å²) in [7, 11) is 0. The van der Waals surface area contributed by atoms with Gasteiger partial charge >= 0.3 is 0 Å². The van der Waals surface area contributed by atoms with E-state index in [0.29, 0.717) is 12.1 Å². The lowest BCUT2D eigenvalue weighted by Crippen LogP contribution is -2.25. The van der Waals surface area contributed by atoms with Crippen molar-refractivity contribution in [2.24, 2.45) is 0 Å². The molecule has 7 heteroatoms. The normalized spacial score (nSPS) is 12.1. The smallest absolute Gasteiger partial charge is 0.280 e. The van der Waals surface area contributed by atoms with Crippen molar-refractivity contribution in [3.05, 3.63) is 44.0 Å². The van der Waals surface area contributed by atoms with Crippen LogP contribution in [0, 0.1) is 20.2 Å². The number of nitrogens with zero attached hydrogens (tertiary/aromatic N) is 2. The first-order chi connectivity index (χ1) is 9.45. The standard InChI is InChI=1S/C13H19N3O4/c1-3-4-5-10(2)14-9-11-6-7-12(15(17)18)8-13(11)16(19)20/h6-8,10,14H,3-5,9H2,1-2H3. The van der Waals surface area contributed by atoms with Crippen LogP contribution in [0.4, 0.5) is 11.4 Å². The van der Waals surface area contributed by atoms with E-state index in [1.807, 2.05) is 6.92 Å². The minimum absolute atomic E-state index is 0.214. The maximum Gasteiger partial charge on any atom is 0.280 e. The van der Waals surface area contributed by atoms with Crippen LogP contribution in [0.5, 0.6) is 0 Å². The van der Waals surface area contributed by atoms with Crippen molar-refractivity contribution in [2.45, 2.75) is 45.7 Å². The summed E-state index contributed by atoms with van der Waals surface area (Å²) in [6, 6.07) is 3.99. The Morgan fingerprint density at radius 3 is 2.50 bits per heavy atom. The first-order valence-corrected chi connectivity index (χ1v) is 6.60. The molecule has 0 aliphatic rings. The van der Waals surface area contributed by atoms with Crippen LogP contribution < -0.4 is 5.32 Å². The molecule has 7 nitrogen and oxygen atoms in total. The summed E-state index contributed by atoms with van der Waals surface area (Å²) in [5.41, 5.74) is -0.0159. The summed E-state index contributed by atoms with van der Waals surface area (Å²) in [4.78, 5) is 20.4. The number of nitro groups is 2. The van der Waals surface area contributed by atoms with Crippen molar-refractivity contribution < 1.29 is 9.85 Å². The largest absolute Gasteiger partial charge is 0.310 e. The second-order valence-corrected chi connectivity index (χ2v) is 4.75. The monoisotopic (exact) mass is 281 g/mol. The number of hydrogen-bond acceptors (Lipinski definition) is 5. The number of benzene rings is 1. The van der Waals surface area contributed by atoms with Gasteiger partial charge in [-0.1, -0.05) is 19.8 Å². The lowest BCUT2D eigenvalue weighted by atomic mass is 10.1. The van der Waals surface area contributed by atoms with Crippen molar-refractivity contribution in [1.82, 2.24) is 5.32 Å². The zero-order chi connectivity index (χ0) is 15.1. The zero-order valence-corrected chi connectivity index (χ0v) is 11.7. The Balaban J connectivity index is 2.79. The van der Waals surface area contributed by atoms with Crippen LogP contribution in [0.25, 0.3) is 0 Å². The molecule has 0 amide bonds. The molecule has 0 heterocycles. The van der Waals surface area contributed by atoms with E-state index < -0.39 is 9.85 Å². The summed E-state index contributed by atoms with van der Waals surface area (Å²) in [5, 5.41) is 24.8. The Bertz CT molecular complexity index is 491. The van der Waals surface area contributed by atoms with Crippen LogP contribution in [-0.4, -0.2) is 15.9 Å². The average Bonchev–Trinajstić information content (AvgIpc) is 2.42. The first-order valence-electron chi connectivity index (χ1n) is 6.60. The molecule has 1 aromatic rings. The molecule has 0 radical (unpaired) electrons. The fourth-order valence-electron chi connectivity index (χ4n) is 1.88. The molecule has 20 heavy (non-hydrogen) atoms. The van der Waals surface area contributed by atoms with Crippen LogP contribution in [-0.2, 0) is 6.54 Å². The molecule has 0 aliphatic heterocycles. The molecule has 1 rings (SSSR count). The molecular weight excluding hydrogens is 262 g/mol. The van der Waals surface area contributed by atoms with Gasteiger partial charge in [0.05, 0.1) is 15.9 Å². The lowest BCUT2D eigenvalue weighted by Gasteiger charge is -2.13. The Labute approximate surface area is 117 Å². The SMILES string of the molecule is CCCCC(C)NCc1ccc([N+](=O)[O-])cc1[N+](=O)[O-]. The summed E-state index contributed by atoms with van der Waals surface area (Å²) < 4.78 is 0. The maximum atomic E-state index is 11.0. The highest BCUT2D eigenvalue weighted by molar-refractivity contribution is 5.49. The van der Waals surface area contributed by atoms with Gasteiger partial charge in [-0.25, -0.2) is 0 Å². The van der Waals surface area contributed by atoms with E-state index in [0.717, 1.165) is 25.3 Å². The topological polar surface area (TPSA) is 98.3 Å². The van der Waals surface area contributed by atoms with E-state index in [-0.39, 0.29) is 17.4 Å². The lowest BCUT2D eigenvalue weighted by molar-refractivity contribution is -0.394. The van der Waals surface area contributed by atoms with Crippen LogP contribution in [0.15, 0.2) is 18.2 Å². The number of nitro benzene ring substituents is 2. The predicted octanol–water partition coefficient (Wildman–Crippen LogP) is 3.17. The van der Waals surface area contributed by atoms with Crippen LogP contribution >= 0.6 is 0 Å². The van der Waals surface area contributed by atoms with E-state index >= 15 is 0 Å². The van der Waals surface area contributed by atoms with Gasteiger partial charge in [-0.15, -0.1) is 0 Å². The fraction of sp³-hybridized carbons (Fsp3) is 0.538. The van der Waals surface area contributed by atoms with E-state index in [2.05, 4.69) is 12.2 Å². The minimum atomic E-state index is -0.631. The third-order valence-corrected chi connectivity index (χ3v) is 3.11. The van der Waals surface area contributed by atoms with E-state index in [1.165, 1.54) is 12.1 Å². The molecule has 1 aromatic carbocycles. The van der Waals surface area contributed by atoms with Crippen molar-refractivity contribution in [3.63, 3.8) is 0 Å². The van der Waals surface area contributed by atoms with Gasteiger partial charge in [-0.2, -0.15) is 0 Å². The molecule has 110 valence electrons. The van der Waals surface area contributed by atoms with E-state index in [1.54, 1.807) is 0 Å². The third-order valence-electron chi connectivity index (χ3n) is 3.11. The quantitative estimate of drug-likeness (QED) is 0.583. The summed E-state index contributed by atoms with van der Waals surface area (Å²) in [6.07, 6.45) is 3.19. The van der Waals surface area contributed by atoms with Gasteiger partial charge in [-0.05, 0) is 19.4 Å². The molecule has 0 aliphatic carbocycles. The third kappa shape index (κ3) is 4.58.